The molecule has 0 saturated heterocycles. The predicted molar refractivity (Wildman–Crippen MR) is 57.2 cm³/mol. The number of thiophene rings is 1. The van der Waals surface area contributed by atoms with Crippen molar-refractivity contribution in [1.82, 2.24) is 0 Å². The van der Waals surface area contributed by atoms with Crippen LogP contribution in [0.3, 0.4) is 0 Å². The van der Waals surface area contributed by atoms with E-state index in [1.54, 1.807) is 12.1 Å². The quantitative estimate of drug-likeness (QED) is 0.700. The molecule has 0 spiro atoms. The molecule has 0 aliphatic heterocycles. The van der Waals surface area contributed by atoms with Crippen molar-refractivity contribution in [3.05, 3.63) is 23.8 Å². The van der Waals surface area contributed by atoms with Crippen LogP contribution in [0.15, 0.2) is 18.2 Å². The van der Waals surface area contributed by atoms with Gasteiger partial charge in [0.2, 0.25) is 0 Å². The molecule has 2 rings (SSSR count). The molecule has 14 heavy (non-hydrogen) atoms. The molecule has 0 atom stereocenters. The number of hydrogen-bond donors (Lipinski definition) is 2. The Hall–Kier alpha value is -1.73. The minimum atomic E-state index is 0.254. The van der Waals surface area contributed by atoms with Gasteiger partial charge in [0.05, 0.1) is 12.5 Å². The maximum absolute atomic E-state index is 9.33. The van der Waals surface area contributed by atoms with E-state index in [9.17, 15) is 5.11 Å². The summed E-state index contributed by atoms with van der Waals surface area (Å²) in [6.07, 6.45) is 0.277. The van der Waals surface area contributed by atoms with Crippen molar-refractivity contribution in [3.8, 4) is 11.1 Å². The van der Waals surface area contributed by atoms with Crippen LogP contribution in [0.2, 0.25) is 0 Å². The van der Waals surface area contributed by atoms with Gasteiger partial charge < -0.3 is 10.8 Å². The molecular weight excluding hydrogens is 196 g/mol. The molecule has 0 bridgehead atoms. The third kappa shape index (κ3) is 1.28. The molecule has 0 fully saturated rings. The average Bonchev–Trinajstić information content (AvgIpc) is 2.51. The Morgan fingerprint density at radius 2 is 2.29 bits per heavy atom. The van der Waals surface area contributed by atoms with E-state index in [1.165, 1.54) is 11.3 Å². The Kier molecular flexibility index (Phi) is 2.02. The summed E-state index contributed by atoms with van der Waals surface area (Å²) in [5.41, 5.74) is 7.17. The fourth-order valence-electron chi connectivity index (χ4n) is 1.45. The van der Waals surface area contributed by atoms with Crippen molar-refractivity contribution < 1.29 is 5.11 Å². The second-order valence-corrected chi connectivity index (χ2v) is 4.03. The number of nitrogens with zero attached hydrogens (tertiary/aromatic N) is 1. The van der Waals surface area contributed by atoms with Crippen LogP contribution in [0.4, 0.5) is 5.69 Å². The van der Waals surface area contributed by atoms with Gasteiger partial charge in [-0.25, -0.2) is 0 Å². The maximum Gasteiger partial charge on any atom is 0.172 e. The number of rotatable bonds is 1. The first-order valence-electron chi connectivity index (χ1n) is 4.09. The zero-order valence-electron chi connectivity index (χ0n) is 7.32. The van der Waals surface area contributed by atoms with Crippen LogP contribution in [0.5, 0.6) is 5.06 Å². The molecule has 1 heterocycles. The van der Waals surface area contributed by atoms with Crippen molar-refractivity contribution in [3.63, 3.8) is 0 Å². The highest BCUT2D eigenvalue weighted by Gasteiger charge is 2.08. The molecule has 0 aliphatic rings. The predicted octanol–water partition coefficient (Wildman–Crippen LogP) is 2.26. The van der Waals surface area contributed by atoms with E-state index in [0.717, 1.165) is 15.6 Å². The van der Waals surface area contributed by atoms with Gasteiger partial charge in [-0.1, -0.05) is 11.3 Å². The number of aromatic hydroxyl groups is 1. The number of benzene rings is 1. The van der Waals surface area contributed by atoms with Gasteiger partial charge in [0.15, 0.2) is 5.06 Å². The topological polar surface area (TPSA) is 70.0 Å². The van der Waals surface area contributed by atoms with Crippen LogP contribution in [0, 0.1) is 11.3 Å². The van der Waals surface area contributed by atoms with Gasteiger partial charge in [-0.2, -0.15) is 5.26 Å². The smallest absolute Gasteiger partial charge is 0.172 e. The number of anilines is 1. The lowest BCUT2D eigenvalue weighted by Gasteiger charge is -2.01. The molecule has 3 N–H and O–H groups in total. The van der Waals surface area contributed by atoms with Gasteiger partial charge in [-0.3, -0.25) is 0 Å². The molecule has 70 valence electrons. The number of nitriles is 1. The summed E-state index contributed by atoms with van der Waals surface area (Å²) < 4.78 is 0.960. The van der Waals surface area contributed by atoms with E-state index in [1.807, 2.05) is 6.07 Å². The SMILES string of the molecule is N#CCc1c(N)ccc2sc(O)cc12. The van der Waals surface area contributed by atoms with Crippen molar-refractivity contribution in [1.29, 1.82) is 5.26 Å². The Labute approximate surface area is 85.0 Å². The van der Waals surface area contributed by atoms with Crippen LogP contribution < -0.4 is 5.73 Å². The summed E-state index contributed by atoms with van der Waals surface area (Å²) >= 11 is 1.29. The van der Waals surface area contributed by atoms with Crippen LogP contribution in [0.1, 0.15) is 5.56 Å². The lowest BCUT2D eigenvalue weighted by molar-refractivity contribution is 0.491. The Morgan fingerprint density at radius 1 is 1.50 bits per heavy atom. The van der Waals surface area contributed by atoms with Gasteiger partial charge in [-0.05, 0) is 23.8 Å². The van der Waals surface area contributed by atoms with Crippen LogP contribution >= 0.6 is 11.3 Å². The second kappa shape index (κ2) is 3.20. The minimum absolute atomic E-state index is 0.254. The summed E-state index contributed by atoms with van der Waals surface area (Å²) in [5.74, 6) is 0. The fraction of sp³-hybridized carbons (Fsp3) is 0.100. The molecular formula is C10H8N2OS. The number of nitrogen functional groups attached to an aromatic ring is 1. The third-order valence-corrected chi connectivity index (χ3v) is 2.99. The molecule has 1 aromatic carbocycles. The molecule has 0 saturated carbocycles. The Bertz CT molecular complexity index is 525. The largest absolute Gasteiger partial charge is 0.499 e. The highest BCUT2D eigenvalue weighted by Crippen LogP contribution is 2.35. The molecule has 3 nitrogen and oxygen atoms in total. The molecule has 4 heteroatoms. The van der Waals surface area contributed by atoms with E-state index in [2.05, 4.69) is 6.07 Å². The average molecular weight is 204 g/mol. The molecule has 2 aromatic rings. The molecule has 0 unspecified atom stereocenters. The molecule has 0 aliphatic carbocycles. The van der Waals surface area contributed by atoms with E-state index in [4.69, 9.17) is 11.0 Å². The highest BCUT2D eigenvalue weighted by atomic mass is 32.1. The first-order valence-corrected chi connectivity index (χ1v) is 4.91. The van der Waals surface area contributed by atoms with Gasteiger partial charge in [0, 0.05) is 15.8 Å². The van der Waals surface area contributed by atoms with Gasteiger partial charge in [0.25, 0.3) is 0 Å². The number of nitrogens with two attached hydrogens (primary N) is 1. The second-order valence-electron chi connectivity index (χ2n) is 2.96. The lowest BCUT2D eigenvalue weighted by Crippen LogP contribution is -1.92. The van der Waals surface area contributed by atoms with E-state index in [-0.39, 0.29) is 11.5 Å². The van der Waals surface area contributed by atoms with Gasteiger partial charge >= 0.3 is 0 Å². The summed E-state index contributed by atoms with van der Waals surface area (Å²) in [5, 5.41) is 19.1. The van der Waals surface area contributed by atoms with Gasteiger partial charge in [-0.15, -0.1) is 0 Å². The standard InChI is InChI=1S/C10H8N2OS/c11-4-3-6-7-5-10(13)14-9(7)2-1-8(6)12/h1-2,5,13H,3,12H2. The first-order chi connectivity index (χ1) is 6.72. The zero-order chi connectivity index (χ0) is 10.1. The van der Waals surface area contributed by atoms with E-state index >= 15 is 0 Å². The van der Waals surface area contributed by atoms with Crippen LogP contribution in [-0.4, -0.2) is 5.11 Å². The molecule has 0 amide bonds. The first kappa shape index (κ1) is 8.85. The van der Waals surface area contributed by atoms with E-state index in [0.29, 0.717) is 5.69 Å². The lowest BCUT2D eigenvalue weighted by atomic mass is 10.1. The van der Waals surface area contributed by atoms with Crippen LogP contribution in [-0.2, 0) is 6.42 Å². The molecule has 0 radical (unpaired) electrons. The Balaban J connectivity index is 2.76. The van der Waals surface area contributed by atoms with Crippen LogP contribution in [0.25, 0.3) is 10.1 Å². The summed E-state index contributed by atoms with van der Waals surface area (Å²) in [6.45, 7) is 0. The number of fused-ring (bicyclic) bond motifs is 1. The number of hydrogen-bond acceptors (Lipinski definition) is 4. The van der Waals surface area contributed by atoms with Crippen molar-refractivity contribution in [2.24, 2.45) is 0 Å². The maximum atomic E-state index is 9.33. The highest BCUT2D eigenvalue weighted by molar-refractivity contribution is 7.20. The van der Waals surface area contributed by atoms with E-state index < -0.39 is 0 Å². The molecule has 1 aromatic heterocycles. The normalized spacial score (nSPS) is 10.2. The fourth-order valence-corrected chi connectivity index (χ4v) is 2.28. The van der Waals surface area contributed by atoms with Gasteiger partial charge in [0.1, 0.15) is 0 Å². The van der Waals surface area contributed by atoms with Crippen molar-refractivity contribution >= 4 is 27.1 Å². The summed E-state index contributed by atoms with van der Waals surface area (Å²) in [4.78, 5) is 0. The monoisotopic (exact) mass is 204 g/mol. The van der Waals surface area contributed by atoms with Crippen molar-refractivity contribution in [2.75, 3.05) is 5.73 Å². The third-order valence-electron chi connectivity index (χ3n) is 2.09. The zero-order valence-corrected chi connectivity index (χ0v) is 8.14. The summed E-state index contributed by atoms with van der Waals surface area (Å²) in [7, 11) is 0. The Morgan fingerprint density at radius 3 is 3.00 bits per heavy atom. The minimum Gasteiger partial charge on any atom is -0.499 e. The summed E-state index contributed by atoms with van der Waals surface area (Å²) in [6, 6.07) is 7.35. The van der Waals surface area contributed by atoms with Crippen molar-refractivity contribution in [2.45, 2.75) is 6.42 Å².